The third kappa shape index (κ3) is 4.32. The minimum absolute atomic E-state index is 0.149. The molecule has 1 fully saturated rings. The van der Waals surface area contributed by atoms with E-state index in [-0.39, 0.29) is 17.8 Å². The van der Waals surface area contributed by atoms with Crippen molar-refractivity contribution in [3.8, 4) is 0 Å². The van der Waals surface area contributed by atoms with Crippen LogP contribution in [0.4, 0.5) is 8.78 Å². The first-order chi connectivity index (χ1) is 9.97. The summed E-state index contributed by atoms with van der Waals surface area (Å²) in [5.41, 5.74) is -0.149. The number of nitrogens with zero attached hydrogens (tertiary/aromatic N) is 2. The second-order valence-corrected chi connectivity index (χ2v) is 5.95. The van der Waals surface area contributed by atoms with E-state index in [1.165, 1.54) is 18.6 Å². The number of carbonyl (C=O) groups excluding carboxylic acids is 1. The van der Waals surface area contributed by atoms with Crippen LogP contribution in [0.5, 0.6) is 0 Å². The number of rotatable bonds is 6. The van der Waals surface area contributed by atoms with Gasteiger partial charge in [-0.2, -0.15) is 0 Å². The Kier molecular flexibility index (Phi) is 5.42. The Bertz CT molecular complexity index is 507. The average Bonchev–Trinajstić information content (AvgIpc) is 2.84. The van der Waals surface area contributed by atoms with Gasteiger partial charge in [0.05, 0.1) is 5.56 Å². The van der Waals surface area contributed by atoms with E-state index in [1.54, 1.807) is 0 Å². The molecule has 3 nitrogen and oxygen atoms in total. The maximum Gasteiger partial charge on any atom is 0.169 e. The molecular weight excluding hydrogens is 274 g/mol. The molecule has 21 heavy (non-hydrogen) atoms. The van der Waals surface area contributed by atoms with Crippen LogP contribution in [0.1, 0.15) is 23.2 Å². The molecule has 0 aliphatic carbocycles. The number of hydrogen-bond donors (Lipinski definition) is 0. The fourth-order valence-electron chi connectivity index (χ4n) is 2.85. The van der Waals surface area contributed by atoms with E-state index in [0.717, 1.165) is 25.7 Å². The van der Waals surface area contributed by atoms with Gasteiger partial charge in [-0.05, 0) is 45.1 Å². The Morgan fingerprint density at radius 2 is 2.19 bits per heavy atom. The molecule has 1 aromatic carbocycles. The van der Waals surface area contributed by atoms with Crippen molar-refractivity contribution in [2.24, 2.45) is 5.92 Å². The van der Waals surface area contributed by atoms with Gasteiger partial charge in [-0.15, -0.1) is 0 Å². The highest BCUT2D eigenvalue weighted by Gasteiger charge is 2.21. The average molecular weight is 296 g/mol. The van der Waals surface area contributed by atoms with Crippen molar-refractivity contribution in [3.05, 3.63) is 35.4 Å². The summed E-state index contributed by atoms with van der Waals surface area (Å²) < 4.78 is 26.6. The van der Waals surface area contributed by atoms with Crippen molar-refractivity contribution >= 4 is 5.78 Å². The van der Waals surface area contributed by atoms with E-state index in [1.807, 2.05) is 7.05 Å². The predicted octanol–water partition coefficient (Wildman–Crippen LogP) is 2.42. The van der Waals surface area contributed by atoms with Crippen molar-refractivity contribution in [1.82, 2.24) is 9.80 Å². The fourth-order valence-corrected chi connectivity index (χ4v) is 2.85. The molecule has 1 aromatic rings. The highest BCUT2D eigenvalue weighted by Crippen LogP contribution is 2.16. The minimum atomic E-state index is -1.04. The van der Waals surface area contributed by atoms with Crippen molar-refractivity contribution in [3.63, 3.8) is 0 Å². The molecule has 1 heterocycles. The van der Waals surface area contributed by atoms with Crippen LogP contribution in [0.25, 0.3) is 0 Å². The first-order valence-corrected chi connectivity index (χ1v) is 7.31. The molecule has 1 unspecified atom stereocenters. The molecule has 0 radical (unpaired) electrons. The van der Waals surface area contributed by atoms with Crippen LogP contribution in [0.15, 0.2) is 18.2 Å². The molecule has 1 atom stereocenters. The van der Waals surface area contributed by atoms with Gasteiger partial charge in [0.2, 0.25) is 0 Å². The molecule has 0 bridgehead atoms. The zero-order valence-corrected chi connectivity index (χ0v) is 12.6. The van der Waals surface area contributed by atoms with E-state index < -0.39 is 11.6 Å². The van der Waals surface area contributed by atoms with Crippen LogP contribution in [-0.4, -0.2) is 55.9 Å². The molecule has 116 valence electrons. The molecule has 2 rings (SSSR count). The van der Waals surface area contributed by atoms with Gasteiger partial charge in [0.15, 0.2) is 17.4 Å². The third-order valence-electron chi connectivity index (χ3n) is 4.03. The number of ketones is 1. The van der Waals surface area contributed by atoms with Crippen molar-refractivity contribution in [1.29, 1.82) is 0 Å². The van der Waals surface area contributed by atoms with Gasteiger partial charge in [0.25, 0.3) is 0 Å². The summed E-state index contributed by atoms with van der Waals surface area (Å²) in [6, 6.07) is 3.73. The summed E-state index contributed by atoms with van der Waals surface area (Å²) >= 11 is 0. The number of carbonyl (C=O) groups is 1. The molecule has 1 saturated heterocycles. The lowest BCUT2D eigenvalue weighted by atomic mass is 10.1. The first kappa shape index (κ1) is 16.0. The van der Waals surface area contributed by atoms with Gasteiger partial charge < -0.3 is 9.80 Å². The minimum Gasteiger partial charge on any atom is -0.306 e. The maximum atomic E-state index is 13.5. The van der Waals surface area contributed by atoms with Gasteiger partial charge in [-0.25, -0.2) is 8.78 Å². The quantitative estimate of drug-likeness (QED) is 0.753. The molecule has 0 amide bonds. The lowest BCUT2D eigenvalue weighted by Crippen LogP contribution is -2.29. The Hall–Kier alpha value is -1.33. The van der Waals surface area contributed by atoms with E-state index >= 15 is 0 Å². The smallest absolute Gasteiger partial charge is 0.169 e. The number of benzene rings is 1. The maximum absolute atomic E-state index is 13.5. The number of halogens is 2. The molecule has 1 aliphatic heterocycles. The predicted molar refractivity (Wildman–Crippen MR) is 78.4 cm³/mol. The highest BCUT2D eigenvalue weighted by atomic mass is 19.2. The SMILES string of the molecule is CN(CCC(=O)c1cccc(F)c1F)CC1CCN(C)C1. The van der Waals surface area contributed by atoms with E-state index in [4.69, 9.17) is 0 Å². The second kappa shape index (κ2) is 7.09. The van der Waals surface area contributed by atoms with Crippen LogP contribution in [-0.2, 0) is 0 Å². The largest absolute Gasteiger partial charge is 0.306 e. The van der Waals surface area contributed by atoms with E-state index in [9.17, 15) is 13.6 Å². The van der Waals surface area contributed by atoms with Crippen LogP contribution in [0.2, 0.25) is 0 Å². The van der Waals surface area contributed by atoms with Crippen molar-refractivity contribution in [2.45, 2.75) is 12.8 Å². The zero-order valence-electron chi connectivity index (χ0n) is 12.6. The molecule has 0 spiro atoms. The number of hydrogen-bond acceptors (Lipinski definition) is 3. The van der Waals surface area contributed by atoms with Gasteiger partial charge in [0, 0.05) is 26.1 Å². The first-order valence-electron chi connectivity index (χ1n) is 7.31. The zero-order chi connectivity index (χ0) is 15.4. The summed E-state index contributed by atoms with van der Waals surface area (Å²) in [6.07, 6.45) is 1.38. The summed E-state index contributed by atoms with van der Waals surface area (Å²) in [7, 11) is 4.07. The second-order valence-electron chi connectivity index (χ2n) is 5.95. The van der Waals surface area contributed by atoms with Crippen molar-refractivity contribution in [2.75, 3.05) is 40.3 Å². The Morgan fingerprint density at radius 1 is 1.43 bits per heavy atom. The van der Waals surface area contributed by atoms with Crippen LogP contribution in [0.3, 0.4) is 0 Å². The molecule has 0 N–H and O–H groups in total. The number of likely N-dealkylation sites (tertiary alicyclic amines) is 1. The summed E-state index contributed by atoms with van der Waals surface area (Å²) in [6.45, 7) is 3.70. The third-order valence-corrected chi connectivity index (χ3v) is 4.03. The highest BCUT2D eigenvalue weighted by molar-refractivity contribution is 5.96. The van der Waals surface area contributed by atoms with Crippen LogP contribution >= 0.6 is 0 Å². The van der Waals surface area contributed by atoms with E-state index in [2.05, 4.69) is 16.8 Å². The molecule has 0 aromatic heterocycles. The Labute approximate surface area is 124 Å². The summed E-state index contributed by atoms with van der Waals surface area (Å²) in [5, 5.41) is 0. The Balaban J connectivity index is 1.82. The Morgan fingerprint density at radius 3 is 2.86 bits per heavy atom. The van der Waals surface area contributed by atoms with Crippen LogP contribution in [0, 0.1) is 17.6 Å². The van der Waals surface area contributed by atoms with Gasteiger partial charge in [-0.1, -0.05) is 6.07 Å². The standard InChI is InChI=1S/C16H22F2N2O/c1-19-8-6-12(10-19)11-20(2)9-7-15(21)13-4-3-5-14(17)16(13)18/h3-5,12H,6-11H2,1-2H3. The van der Waals surface area contributed by atoms with Crippen molar-refractivity contribution < 1.29 is 13.6 Å². The topological polar surface area (TPSA) is 23.6 Å². The number of Topliss-reactive ketones (excluding diaryl/α,β-unsaturated/α-hetero) is 1. The summed E-state index contributed by atoms with van der Waals surface area (Å²) in [5.74, 6) is -1.73. The molecular formula is C16H22F2N2O. The van der Waals surface area contributed by atoms with Crippen LogP contribution < -0.4 is 0 Å². The summed E-state index contributed by atoms with van der Waals surface area (Å²) in [4.78, 5) is 16.4. The lowest BCUT2D eigenvalue weighted by molar-refractivity contribution is 0.0961. The van der Waals surface area contributed by atoms with E-state index in [0.29, 0.717) is 12.5 Å². The van der Waals surface area contributed by atoms with Gasteiger partial charge >= 0.3 is 0 Å². The lowest BCUT2D eigenvalue weighted by Gasteiger charge is -2.20. The fraction of sp³-hybridized carbons (Fsp3) is 0.562. The van der Waals surface area contributed by atoms with Gasteiger partial charge in [-0.3, -0.25) is 4.79 Å². The molecule has 0 saturated carbocycles. The normalized spacial score (nSPS) is 19.4. The monoisotopic (exact) mass is 296 g/mol. The molecule has 5 heteroatoms. The van der Waals surface area contributed by atoms with Gasteiger partial charge in [0.1, 0.15) is 0 Å². The molecule has 1 aliphatic rings.